The molecule has 3 aromatic rings. The number of carbonyl (C=O) groups is 1. The molecule has 0 unspecified atom stereocenters. The van der Waals surface area contributed by atoms with Crippen molar-refractivity contribution in [1.82, 2.24) is 9.97 Å². The predicted octanol–water partition coefficient (Wildman–Crippen LogP) is 4.50. The number of hydrogen-bond acceptors (Lipinski definition) is 5. The summed E-state index contributed by atoms with van der Waals surface area (Å²) < 4.78 is 5.26. The summed E-state index contributed by atoms with van der Waals surface area (Å²) in [6.45, 7) is 3.97. The molecule has 0 saturated heterocycles. The first-order valence-electron chi connectivity index (χ1n) is 8.53. The lowest BCUT2D eigenvalue weighted by Crippen LogP contribution is -2.14. The minimum atomic E-state index is -0.113. The highest BCUT2D eigenvalue weighted by Crippen LogP contribution is 2.25. The van der Waals surface area contributed by atoms with Gasteiger partial charge in [-0.1, -0.05) is 53.7 Å². The Kier molecular flexibility index (Phi) is 6.08. The van der Waals surface area contributed by atoms with Gasteiger partial charge in [-0.15, -0.1) is 0 Å². The number of carbonyl (C=O) groups excluding carboxylic acids is 1. The topological polar surface area (TPSA) is 64.1 Å². The normalized spacial score (nSPS) is 10.5. The number of para-hydroxylation sites is 2. The van der Waals surface area contributed by atoms with Gasteiger partial charge in [0.05, 0.1) is 18.6 Å². The van der Waals surface area contributed by atoms with Crippen molar-refractivity contribution < 1.29 is 9.53 Å². The van der Waals surface area contributed by atoms with Gasteiger partial charge in [0.2, 0.25) is 5.91 Å². The number of anilines is 1. The number of rotatable bonds is 6. The van der Waals surface area contributed by atoms with Gasteiger partial charge in [-0.25, -0.2) is 9.97 Å². The summed E-state index contributed by atoms with van der Waals surface area (Å²) in [5.74, 6) is 1.44. The third-order valence-electron chi connectivity index (χ3n) is 3.87. The third kappa shape index (κ3) is 5.08. The molecular weight excluding hydrogens is 358 g/mol. The van der Waals surface area contributed by atoms with Crippen LogP contribution in [0.25, 0.3) is 11.4 Å². The predicted molar refractivity (Wildman–Crippen MR) is 109 cm³/mol. The zero-order valence-corrected chi connectivity index (χ0v) is 16.3. The Balaban J connectivity index is 1.69. The van der Waals surface area contributed by atoms with Crippen LogP contribution in [0, 0.1) is 13.8 Å². The van der Waals surface area contributed by atoms with Gasteiger partial charge >= 0.3 is 0 Å². The van der Waals surface area contributed by atoms with Gasteiger partial charge < -0.3 is 10.1 Å². The highest BCUT2D eigenvalue weighted by molar-refractivity contribution is 7.99. The molecule has 6 heteroatoms. The molecule has 0 fully saturated rings. The summed E-state index contributed by atoms with van der Waals surface area (Å²) >= 11 is 1.38. The van der Waals surface area contributed by atoms with Crippen LogP contribution in [-0.2, 0) is 4.79 Å². The van der Waals surface area contributed by atoms with Crippen molar-refractivity contribution in [3.05, 3.63) is 65.9 Å². The van der Waals surface area contributed by atoms with Gasteiger partial charge in [-0.05, 0) is 32.0 Å². The number of benzene rings is 2. The van der Waals surface area contributed by atoms with E-state index in [-0.39, 0.29) is 11.7 Å². The standard InChI is InChI=1S/C21H21N3O2S/c1-14-8-10-16(11-9-14)21-22-15(2)12-20(24-21)27-13-19(25)23-17-6-4-5-7-18(17)26-3/h4-12H,13H2,1-3H3,(H,23,25). The van der Waals surface area contributed by atoms with Crippen molar-refractivity contribution in [3.8, 4) is 17.1 Å². The van der Waals surface area contributed by atoms with Gasteiger partial charge in [0.15, 0.2) is 5.82 Å². The zero-order chi connectivity index (χ0) is 19.2. The van der Waals surface area contributed by atoms with Gasteiger partial charge in [0.1, 0.15) is 10.8 Å². The maximum atomic E-state index is 12.3. The summed E-state index contributed by atoms with van der Waals surface area (Å²) in [6, 6.07) is 17.3. The molecule has 27 heavy (non-hydrogen) atoms. The van der Waals surface area contributed by atoms with Crippen LogP contribution in [0.5, 0.6) is 5.75 Å². The average Bonchev–Trinajstić information content (AvgIpc) is 2.67. The molecular formula is C21H21N3O2S. The van der Waals surface area contributed by atoms with Gasteiger partial charge in [0.25, 0.3) is 0 Å². The second-order valence-electron chi connectivity index (χ2n) is 6.07. The fourth-order valence-electron chi connectivity index (χ4n) is 2.52. The second kappa shape index (κ2) is 8.68. The molecule has 0 aliphatic heterocycles. The van der Waals surface area contributed by atoms with E-state index in [9.17, 15) is 4.79 Å². The molecule has 0 bridgehead atoms. The number of amides is 1. The van der Waals surface area contributed by atoms with Crippen LogP contribution in [0.1, 0.15) is 11.3 Å². The molecule has 0 radical (unpaired) electrons. The highest BCUT2D eigenvalue weighted by atomic mass is 32.2. The average molecular weight is 379 g/mol. The number of thioether (sulfide) groups is 1. The first-order chi connectivity index (χ1) is 13.0. The van der Waals surface area contributed by atoms with Gasteiger partial charge in [-0.2, -0.15) is 0 Å². The summed E-state index contributed by atoms with van der Waals surface area (Å²) in [6.07, 6.45) is 0. The Hall–Kier alpha value is -2.86. The van der Waals surface area contributed by atoms with Gasteiger partial charge in [-0.3, -0.25) is 4.79 Å². The molecule has 2 aromatic carbocycles. The van der Waals surface area contributed by atoms with Crippen molar-refractivity contribution in [1.29, 1.82) is 0 Å². The van der Waals surface area contributed by atoms with Crippen LogP contribution >= 0.6 is 11.8 Å². The van der Waals surface area contributed by atoms with Crippen molar-refractivity contribution >= 4 is 23.4 Å². The molecule has 1 N–H and O–H groups in total. The van der Waals surface area contributed by atoms with E-state index in [1.807, 2.05) is 68.4 Å². The molecule has 138 valence electrons. The molecule has 0 spiro atoms. The lowest BCUT2D eigenvalue weighted by atomic mass is 10.1. The Bertz CT molecular complexity index is 942. The molecule has 3 rings (SSSR count). The van der Waals surface area contributed by atoms with Crippen LogP contribution in [0.4, 0.5) is 5.69 Å². The number of methoxy groups -OCH3 is 1. The minimum absolute atomic E-state index is 0.113. The van der Waals surface area contributed by atoms with E-state index in [0.29, 0.717) is 17.3 Å². The number of nitrogens with zero attached hydrogens (tertiary/aromatic N) is 2. The fourth-order valence-corrected chi connectivity index (χ4v) is 3.28. The summed E-state index contributed by atoms with van der Waals surface area (Å²) in [4.78, 5) is 21.4. The first kappa shape index (κ1) is 18.9. The number of aromatic nitrogens is 2. The smallest absolute Gasteiger partial charge is 0.234 e. The maximum absolute atomic E-state index is 12.3. The van der Waals surface area contributed by atoms with Crippen LogP contribution in [0.3, 0.4) is 0 Å². The van der Waals surface area contributed by atoms with E-state index in [1.165, 1.54) is 17.3 Å². The maximum Gasteiger partial charge on any atom is 0.234 e. The van der Waals surface area contributed by atoms with E-state index in [1.54, 1.807) is 7.11 Å². The third-order valence-corrected chi connectivity index (χ3v) is 4.78. The second-order valence-corrected chi connectivity index (χ2v) is 7.07. The van der Waals surface area contributed by atoms with Crippen molar-refractivity contribution in [2.45, 2.75) is 18.9 Å². The molecule has 1 heterocycles. The Morgan fingerprint density at radius 2 is 1.81 bits per heavy atom. The molecule has 0 atom stereocenters. The Morgan fingerprint density at radius 1 is 1.07 bits per heavy atom. The number of nitrogens with one attached hydrogen (secondary N) is 1. The van der Waals surface area contributed by atoms with Crippen molar-refractivity contribution in [2.75, 3.05) is 18.2 Å². The van der Waals surface area contributed by atoms with E-state index >= 15 is 0 Å². The minimum Gasteiger partial charge on any atom is -0.495 e. The Morgan fingerprint density at radius 3 is 2.56 bits per heavy atom. The number of aryl methyl sites for hydroxylation is 2. The fraction of sp³-hybridized carbons (Fsp3) is 0.190. The summed E-state index contributed by atoms with van der Waals surface area (Å²) in [7, 11) is 1.58. The zero-order valence-electron chi connectivity index (χ0n) is 15.5. The first-order valence-corrected chi connectivity index (χ1v) is 9.52. The lowest BCUT2D eigenvalue weighted by Gasteiger charge is -2.10. The van der Waals surface area contributed by atoms with Gasteiger partial charge in [0, 0.05) is 11.3 Å². The molecule has 1 aromatic heterocycles. The number of ether oxygens (including phenoxy) is 1. The quantitative estimate of drug-likeness (QED) is 0.505. The molecule has 1 amide bonds. The van der Waals surface area contributed by atoms with Crippen LogP contribution < -0.4 is 10.1 Å². The largest absolute Gasteiger partial charge is 0.495 e. The Labute approximate surface area is 163 Å². The number of hydrogen-bond donors (Lipinski definition) is 1. The molecule has 0 aliphatic carbocycles. The summed E-state index contributed by atoms with van der Waals surface area (Å²) in [5.41, 5.74) is 3.68. The van der Waals surface area contributed by atoms with Crippen LogP contribution in [0.15, 0.2) is 59.6 Å². The van der Waals surface area contributed by atoms with E-state index < -0.39 is 0 Å². The SMILES string of the molecule is COc1ccccc1NC(=O)CSc1cc(C)nc(-c2ccc(C)cc2)n1. The molecule has 5 nitrogen and oxygen atoms in total. The molecule has 0 aliphatic rings. The van der Waals surface area contributed by atoms with Crippen LogP contribution in [0.2, 0.25) is 0 Å². The summed E-state index contributed by atoms with van der Waals surface area (Å²) in [5, 5.41) is 3.64. The van der Waals surface area contributed by atoms with E-state index in [4.69, 9.17) is 4.74 Å². The molecule has 0 saturated carbocycles. The van der Waals surface area contributed by atoms with Crippen molar-refractivity contribution in [2.24, 2.45) is 0 Å². The van der Waals surface area contributed by atoms with E-state index in [2.05, 4.69) is 15.3 Å². The highest BCUT2D eigenvalue weighted by Gasteiger charge is 2.10. The van der Waals surface area contributed by atoms with E-state index in [0.717, 1.165) is 16.3 Å². The lowest BCUT2D eigenvalue weighted by molar-refractivity contribution is -0.113. The van der Waals surface area contributed by atoms with Crippen molar-refractivity contribution in [3.63, 3.8) is 0 Å². The monoisotopic (exact) mass is 379 g/mol. The van der Waals surface area contributed by atoms with Crippen LogP contribution in [-0.4, -0.2) is 28.7 Å².